The fraction of sp³-hybridized carbons (Fsp3) is 0.0769. The molecule has 2 nitrogen and oxygen atoms in total. The van der Waals surface area contributed by atoms with E-state index in [1.807, 2.05) is 48.5 Å². The summed E-state index contributed by atoms with van der Waals surface area (Å²) in [7, 11) is 0. The lowest BCUT2D eigenvalue weighted by atomic mass is 10.2. The predicted molar refractivity (Wildman–Crippen MR) is 81.1 cm³/mol. The number of hydrazine groups is 1. The SMILES string of the molecule is Clc1cc(I)ccc1CNNc1ccccc1. The van der Waals surface area contributed by atoms with Gasteiger partial charge in [-0.1, -0.05) is 35.9 Å². The Kier molecular flexibility index (Phi) is 4.65. The molecule has 0 aliphatic carbocycles. The predicted octanol–water partition coefficient (Wildman–Crippen LogP) is 4.06. The van der Waals surface area contributed by atoms with Gasteiger partial charge in [0.2, 0.25) is 0 Å². The monoisotopic (exact) mass is 358 g/mol. The molecule has 0 aliphatic heterocycles. The van der Waals surface area contributed by atoms with E-state index in [4.69, 9.17) is 11.6 Å². The molecular weight excluding hydrogens is 347 g/mol. The topological polar surface area (TPSA) is 24.1 Å². The van der Waals surface area contributed by atoms with Gasteiger partial charge >= 0.3 is 0 Å². The normalized spacial score (nSPS) is 10.2. The minimum absolute atomic E-state index is 0.685. The van der Waals surface area contributed by atoms with Crippen LogP contribution in [0.4, 0.5) is 5.69 Å². The second kappa shape index (κ2) is 6.23. The maximum Gasteiger partial charge on any atom is 0.0487 e. The van der Waals surface area contributed by atoms with E-state index in [-0.39, 0.29) is 0 Å². The van der Waals surface area contributed by atoms with Crippen molar-refractivity contribution < 1.29 is 0 Å². The van der Waals surface area contributed by atoms with Gasteiger partial charge < -0.3 is 5.43 Å². The van der Waals surface area contributed by atoms with E-state index < -0.39 is 0 Å². The Labute approximate surface area is 119 Å². The van der Waals surface area contributed by atoms with Crippen LogP contribution >= 0.6 is 34.2 Å². The third-order valence-corrected chi connectivity index (χ3v) is 3.32. The van der Waals surface area contributed by atoms with Crippen LogP contribution in [0.2, 0.25) is 5.02 Å². The zero-order valence-electron chi connectivity index (χ0n) is 9.08. The molecule has 0 heterocycles. The number of hydrogen-bond donors (Lipinski definition) is 2. The minimum atomic E-state index is 0.685. The Morgan fingerprint density at radius 1 is 1.06 bits per heavy atom. The van der Waals surface area contributed by atoms with Crippen molar-refractivity contribution in [3.05, 3.63) is 62.7 Å². The molecule has 0 bridgehead atoms. The van der Waals surface area contributed by atoms with Gasteiger partial charge in [-0.25, -0.2) is 5.43 Å². The number of para-hydroxylation sites is 1. The molecule has 0 atom stereocenters. The zero-order valence-corrected chi connectivity index (χ0v) is 12.0. The van der Waals surface area contributed by atoms with E-state index in [0.29, 0.717) is 6.54 Å². The molecule has 2 aromatic rings. The molecule has 0 aromatic heterocycles. The molecule has 2 rings (SSSR count). The first-order valence-corrected chi connectivity index (χ1v) is 6.69. The summed E-state index contributed by atoms with van der Waals surface area (Å²) in [5, 5.41) is 0.791. The molecule has 0 aliphatic rings. The van der Waals surface area contributed by atoms with Crippen LogP contribution in [-0.2, 0) is 6.54 Å². The second-order valence-electron chi connectivity index (χ2n) is 3.58. The van der Waals surface area contributed by atoms with Crippen LogP contribution in [0.25, 0.3) is 0 Å². The maximum absolute atomic E-state index is 6.14. The Morgan fingerprint density at radius 3 is 2.53 bits per heavy atom. The van der Waals surface area contributed by atoms with Gasteiger partial charge in [-0.15, -0.1) is 0 Å². The smallest absolute Gasteiger partial charge is 0.0487 e. The lowest BCUT2D eigenvalue weighted by molar-refractivity contribution is 0.801. The molecule has 0 spiro atoms. The van der Waals surface area contributed by atoms with Gasteiger partial charge in [-0.3, -0.25) is 0 Å². The molecule has 0 amide bonds. The van der Waals surface area contributed by atoms with Crippen molar-refractivity contribution in [2.45, 2.75) is 6.54 Å². The van der Waals surface area contributed by atoms with Gasteiger partial charge in [0.25, 0.3) is 0 Å². The molecule has 88 valence electrons. The van der Waals surface area contributed by atoms with Crippen molar-refractivity contribution >= 4 is 39.9 Å². The number of halogens is 2. The Morgan fingerprint density at radius 2 is 1.82 bits per heavy atom. The minimum Gasteiger partial charge on any atom is -0.321 e. The first-order valence-electron chi connectivity index (χ1n) is 5.23. The van der Waals surface area contributed by atoms with Gasteiger partial charge in [0, 0.05) is 20.8 Å². The van der Waals surface area contributed by atoms with Crippen LogP contribution < -0.4 is 10.9 Å². The van der Waals surface area contributed by atoms with E-state index >= 15 is 0 Å². The van der Waals surface area contributed by atoms with Crippen LogP contribution in [0.5, 0.6) is 0 Å². The lowest BCUT2D eigenvalue weighted by Crippen LogP contribution is -2.20. The number of rotatable bonds is 4. The van der Waals surface area contributed by atoms with Crippen LogP contribution in [0, 0.1) is 3.57 Å². The molecule has 17 heavy (non-hydrogen) atoms. The van der Waals surface area contributed by atoms with Crippen molar-refractivity contribution in [3.8, 4) is 0 Å². The summed E-state index contributed by atoms with van der Waals surface area (Å²) >= 11 is 8.39. The van der Waals surface area contributed by atoms with Crippen molar-refractivity contribution in [3.63, 3.8) is 0 Å². The molecule has 0 radical (unpaired) electrons. The van der Waals surface area contributed by atoms with E-state index in [2.05, 4.69) is 33.4 Å². The standard InChI is InChI=1S/C13H12ClIN2/c14-13-8-11(15)7-6-10(13)9-16-17-12-4-2-1-3-5-12/h1-8,16-17H,9H2. The van der Waals surface area contributed by atoms with Gasteiger partial charge in [-0.05, 0) is 52.4 Å². The second-order valence-corrected chi connectivity index (χ2v) is 5.23. The third-order valence-electron chi connectivity index (χ3n) is 2.30. The molecule has 0 unspecified atom stereocenters. The number of anilines is 1. The summed E-state index contributed by atoms with van der Waals surface area (Å²) in [6.45, 7) is 0.685. The number of hydrogen-bond acceptors (Lipinski definition) is 2. The molecule has 0 saturated heterocycles. The van der Waals surface area contributed by atoms with Gasteiger partial charge in [0.05, 0.1) is 0 Å². The Balaban J connectivity index is 1.90. The first-order chi connectivity index (χ1) is 8.25. The summed E-state index contributed by atoms with van der Waals surface area (Å²) in [4.78, 5) is 0. The third kappa shape index (κ3) is 3.87. The summed E-state index contributed by atoms with van der Waals surface area (Å²) < 4.78 is 1.15. The summed E-state index contributed by atoms with van der Waals surface area (Å²) in [6, 6.07) is 16.0. The highest BCUT2D eigenvalue weighted by Crippen LogP contribution is 2.18. The van der Waals surface area contributed by atoms with Gasteiger partial charge in [0.1, 0.15) is 0 Å². The van der Waals surface area contributed by atoms with Crippen molar-refractivity contribution in [2.75, 3.05) is 5.43 Å². The van der Waals surface area contributed by atoms with E-state index in [0.717, 1.165) is 19.8 Å². The average Bonchev–Trinajstić information content (AvgIpc) is 2.33. The quantitative estimate of drug-likeness (QED) is 0.636. The molecule has 4 heteroatoms. The van der Waals surface area contributed by atoms with Crippen LogP contribution in [-0.4, -0.2) is 0 Å². The van der Waals surface area contributed by atoms with Gasteiger partial charge in [-0.2, -0.15) is 0 Å². The van der Waals surface area contributed by atoms with E-state index in [1.165, 1.54) is 0 Å². The van der Waals surface area contributed by atoms with Crippen LogP contribution in [0.15, 0.2) is 48.5 Å². The largest absolute Gasteiger partial charge is 0.321 e. The number of benzene rings is 2. The fourth-order valence-electron chi connectivity index (χ4n) is 1.43. The highest BCUT2D eigenvalue weighted by molar-refractivity contribution is 14.1. The van der Waals surface area contributed by atoms with Crippen molar-refractivity contribution in [1.29, 1.82) is 0 Å². The van der Waals surface area contributed by atoms with Crippen LogP contribution in [0.3, 0.4) is 0 Å². The van der Waals surface area contributed by atoms with E-state index in [1.54, 1.807) is 0 Å². The summed E-state index contributed by atoms with van der Waals surface area (Å²) in [5.74, 6) is 0. The molecule has 0 fully saturated rings. The fourth-order valence-corrected chi connectivity index (χ4v) is 2.35. The summed E-state index contributed by atoms with van der Waals surface area (Å²) in [5.41, 5.74) is 8.38. The first kappa shape index (κ1) is 12.7. The molecule has 0 saturated carbocycles. The molecular formula is C13H12ClIN2. The molecule has 2 aromatic carbocycles. The highest BCUT2D eigenvalue weighted by Gasteiger charge is 2.00. The van der Waals surface area contributed by atoms with Crippen molar-refractivity contribution in [2.24, 2.45) is 0 Å². The Hall–Kier alpha value is -0.780. The van der Waals surface area contributed by atoms with Crippen LogP contribution in [0.1, 0.15) is 5.56 Å². The van der Waals surface area contributed by atoms with Gasteiger partial charge in [0.15, 0.2) is 0 Å². The average molecular weight is 359 g/mol. The zero-order chi connectivity index (χ0) is 12.1. The van der Waals surface area contributed by atoms with E-state index in [9.17, 15) is 0 Å². The lowest BCUT2D eigenvalue weighted by Gasteiger charge is -2.09. The molecule has 2 N–H and O–H groups in total. The maximum atomic E-state index is 6.14. The number of nitrogens with one attached hydrogen (secondary N) is 2. The summed E-state index contributed by atoms with van der Waals surface area (Å²) in [6.07, 6.45) is 0. The van der Waals surface area contributed by atoms with Crippen molar-refractivity contribution in [1.82, 2.24) is 5.43 Å². The Bertz CT molecular complexity index is 488. The highest BCUT2D eigenvalue weighted by atomic mass is 127.